The summed E-state index contributed by atoms with van der Waals surface area (Å²) in [6.45, 7) is 4.04. The van der Waals surface area contributed by atoms with Crippen LogP contribution in [-0.2, 0) is 4.79 Å². The number of amides is 1. The van der Waals surface area contributed by atoms with Gasteiger partial charge in [0.2, 0.25) is 0 Å². The molecular weight excluding hydrogens is 577 g/mol. The molecule has 1 N–H and O–H groups in total. The largest absolute Gasteiger partial charge is 0.487 e. The molecule has 0 aliphatic heterocycles. The zero-order valence-corrected chi connectivity index (χ0v) is 18.5. The smallest absolute Gasteiger partial charge is 0.266 e. The summed E-state index contributed by atoms with van der Waals surface area (Å²) in [6, 6.07) is 12.5. The number of benzene rings is 2. The normalized spacial score (nSPS) is 10.8. The number of nitriles is 1. The van der Waals surface area contributed by atoms with Crippen LogP contribution in [-0.4, -0.2) is 12.5 Å². The van der Waals surface area contributed by atoms with Crippen LogP contribution < -0.4 is 10.1 Å². The molecule has 0 heterocycles. The molecule has 4 nitrogen and oxygen atoms in total. The molecule has 0 aliphatic carbocycles. The first kappa shape index (κ1) is 20.7. The van der Waals surface area contributed by atoms with E-state index in [1.54, 1.807) is 30.3 Å². The van der Waals surface area contributed by atoms with E-state index in [2.05, 4.69) is 57.1 Å². The van der Waals surface area contributed by atoms with Crippen LogP contribution in [0.1, 0.15) is 5.56 Å². The fourth-order valence-electron chi connectivity index (χ4n) is 2.01. The monoisotopic (exact) mass is 590 g/mol. The standard InChI is InChI=1S/C19H13ClI2N2O2/c1-2-7-26-18-15(21)9-12(10-16(18)22)8-13(11-23)19(25)24-17-6-4-3-5-14(17)20/h2-6,8-10H,1,7H2,(H,24,25)/b13-8+. The number of hydrogen-bond acceptors (Lipinski definition) is 3. The van der Waals surface area contributed by atoms with Gasteiger partial charge in [-0.2, -0.15) is 5.26 Å². The molecule has 0 unspecified atom stereocenters. The van der Waals surface area contributed by atoms with Crippen molar-refractivity contribution in [1.82, 2.24) is 0 Å². The van der Waals surface area contributed by atoms with Gasteiger partial charge in [0.05, 0.1) is 17.9 Å². The van der Waals surface area contributed by atoms with E-state index in [1.807, 2.05) is 18.2 Å². The minimum atomic E-state index is -0.516. The van der Waals surface area contributed by atoms with Gasteiger partial charge < -0.3 is 10.1 Å². The van der Waals surface area contributed by atoms with Gasteiger partial charge >= 0.3 is 0 Å². The number of rotatable bonds is 6. The first-order chi connectivity index (χ1) is 12.5. The number of carbonyl (C=O) groups is 1. The molecule has 0 radical (unpaired) electrons. The Hall–Kier alpha value is -1.57. The second-order valence-electron chi connectivity index (χ2n) is 5.02. The fourth-order valence-corrected chi connectivity index (χ4v) is 4.32. The van der Waals surface area contributed by atoms with Crippen LogP contribution in [0, 0.1) is 18.5 Å². The molecular formula is C19H13ClI2N2O2. The summed E-state index contributed by atoms with van der Waals surface area (Å²) in [5.74, 6) is 0.236. The van der Waals surface area contributed by atoms with Gasteiger partial charge in [0.15, 0.2) is 0 Å². The van der Waals surface area contributed by atoms with E-state index in [1.165, 1.54) is 6.08 Å². The summed E-state index contributed by atoms with van der Waals surface area (Å²) >= 11 is 10.3. The highest BCUT2D eigenvalue weighted by Gasteiger charge is 2.13. The molecule has 0 saturated heterocycles. The topological polar surface area (TPSA) is 62.1 Å². The molecule has 0 aliphatic rings. The number of nitrogens with one attached hydrogen (secondary N) is 1. The number of ether oxygens (including phenoxy) is 1. The minimum Gasteiger partial charge on any atom is -0.487 e. The van der Waals surface area contributed by atoms with Gasteiger partial charge in [-0.05, 0) is 81.1 Å². The molecule has 26 heavy (non-hydrogen) atoms. The van der Waals surface area contributed by atoms with Gasteiger partial charge in [0.25, 0.3) is 5.91 Å². The Bertz CT molecular complexity index is 897. The highest BCUT2D eigenvalue weighted by Crippen LogP contribution is 2.30. The molecule has 0 atom stereocenters. The van der Waals surface area contributed by atoms with E-state index in [4.69, 9.17) is 16.3 Å². The van der Waals surface area contributed by atoms with Crippen molar-refractivity contribution < 1.29 is 9.53 Å². The van der Waals surface area contributed by atoms with Crippen molar-refractivity contribution >= 4 is 74.5 Å². The maximum Gasteiger partial charge on any atom is 0.266 e. The van der Waals surface area contributed by atoms with Gasteiger partial charge in [0, 0.05) is 0 Å². The molecule has 2 aromatic carbocycles. The lowest BCUT2D eigenvalue weighted by Gasteiger charge is -2.10. The number of hydrogen-bond donors (Lipinski definition) is 1. The Kier molecular flexibility index (Phi) is 7.93. The van der Waals surface area contributed by atoms with Gasteiger partial charge in [-0.3, -0.25) is 4.79 Å². The lowest BCUT2D eigenvalue weighted by molar-refractivity contribution is -0.112. The average Bonchev–Trinajstić information content (AvgIpc) is 2.61. The third kappa shape index (κ3) is 5.46. The Morgan fingerprint density at radius 1 is 1.31 bits per heavy atom. The molecule has 7 heteroatoms. The zero-order chi connectivity index (χ0) is 19.1. The fraction of sp³-hybridized carbons (Fsp3) is 0.0526. The summed E-state index contributed by atoms with van der Waals surface area (Å²) in [7, 11) is 0. The third-order valence-corrected chi connectivity index (χ3v) is 5.10. The lowest BCUT2D eigenvalue weighted by atomic mass is 10.1. The number of anilines is 1. The summed E-state index contributed by atoms with van der Waals surface area (Å²) in [4.78, 5) is 12.4. The van der Waals surface area contributed by atoms with Crippen LogP contribution in [0.4, 0.5) is 5.69 Å². The molecule has 0 saturated carbocycles. The van der Waals surface area contributed by atoms with E-state index in [-0.39, 0.29) is 5.57 Å². The van der Waals surface area contributed by atoms with E-state index >= 15 is 0 Å². The van der Waals surface area contributed by atoms with E-state index in [9.17, 15) is 10.1 Å². The van der Waals surface area contributed by atoms with Crippen molar-refractivity contribution in [2.24, 2.45) is 0 Å². The summed E-state index contributed by atoms with van der Waals surface area (Å²) in [6.07, 6.45) is 3.21. The van der Waals surface area contributed by atoms with Crippen LogP contribution in [0.15, 0.2) is 54.6 Å². The lowest BCUT2D eigenvalue weighted by Crippen LogP contribution is -2.13. The summed E-state index contributed by atoms with van der Waals surface area (Å²) in [5.41, 5.74) is 1.17. The van der Waals surface area contributed by atoms with Gasteiger partial charge in [-0.15, -0.1) is 0 Å². The van der Waals surface area contributed by atoms with Crippen LogP contribution >= 0.6 is 56.8 Å². The quantitative estimate of drug-likeness (QED) is 0.205. The summed E-state index contributed by atoms with van der Waals surface area (Å²) in [5, 5.41) is 12.4. The highest BCUT2D eigenvalue weighted by molar-refractivity contribution is 14.1. The minimum absolute atomic E-state index is 0.0173. The Balaban J connectivity index is 2.28. The van der Waals surface area contributed by atoms with Crippen LogP contribution in [0.2, 0.25) is 5.02 Å². The van der Waals surface area contributed by atoms with Gasteiger partial charge in [-0.1, -0.05) is 36.4 Å². The average molecular weight is 591 g/mol. The van der Waals surface area contributed by atoms with Crippen LogP contribution in [0.5, 0.6) is 5.75 Å². The van der Waals surface area contributed by atoms with Crippen LogP contribution in [0.3, 0.4) is 0 Å². The molecule has 0 fully saturated rings. The summed E-state index contributed by atoms with van der Waals surface area (Å²) < 4.78 is 7.39. The highest BCUT2D eigenvalue weighted by atomic mass is 127. The van der Waals surface area contributed by atoms with Crippen molar-refractivity contribution in [3.63, 3.8) is 0 Å². The van der Waals surface area contributed by atoms with Crippen molar-refractivity contribution in [2.75, 3.05) is 11.9 Å². The Labute approximate surface area is 184 Å². The van der Waals surface area contributed by atoms with E-state index in [0.717, 1.165) is 18.5 Å². The first-order valence-corrected chi connectivity index (χ1v) is 9.90. The van der Waals surface area contributed by atoms with Crippen molar-refractivity contribution in [3.8, 4) is 11.8 Å². The number of halogens is 3. The van der Waals surface area contributed by atoms with Gasteiger partial charge in [0.1, 0.15) is 24.0 Å². The third-order valence-electron chi connectivity index (χ3n) is 3.16. The molecule has 2 aromatic rings. The maximum atomic E-state index is 12.4. The number of para-hydroxylation sites is 1. The zero-order valence-electron chi connectivity index (χ0n) is 13.4. The second-order valence-corrected chi connectivity index (χ2v) is 7.75. The Morgan fingerprint density at radius 3 is 2.54 bits per heavy atom. The van der Waals surface area contributed by atoms with Gasteiger partial charge in [-0.25, -0.2) is 0 Å². The van der Waals surface area contributed by atoms with Crippen molar-refractivity contribution in [2.45, 2.75) is 0 Å². The SMILES string of the molecule is C=CCOc1c(I)cc(/C=C(\C#N)C(=O)Nc2ccccc2Cl)cc1I. The number of nitrogens with zero attached hydrogens (tertiary/aromatic N) is 1. The second kappa shape index (κ2) is 9.94. The van der Waals surface area contributed by atoms with E-state index in [0.29, 0.717) is 17.3 Å². The molecule has 0 aromatic heterocycles. The molecule has 132 valence electrons. The predicted molar refractivity (Wildman–Crippen MR) is 121 cm³/mol. The first-order valence-electron chi connectivity index (χ1n) is 7.36. The molecule has 1 amide bonds. The molecule has 2 rings (SSSR count). The predicted octanol–water partition coefficient (Wildman–Crippen LogP) is 5.66. The van der Waals surface area contributed by atoms with Crippen LogP contribution in [0.25, 0.3) is 6.08 Å². The van der Waals surface area contributed by atoms with Crippen molar-refractivity contribution in [3.05, 3.63) is 72.4 Å². The maximum absolute atomic E-state index is 12.4. The van der Waals surface area contributed by atoms with Crippen molar-refractivity contribution in [1.29, 1.82) is 5.26 Å². The Morgan fingerprint density at radius 2 is 1.96 bits per heavy atom. The molecule has 0 spiro atoms. The van der Waals surface area contributed by atoms with E-state index < -0.39 is 5.91 Å². The number of carbonyl (C=O) groups excluding carboxylic acids is 1. The molecule has 0 bridgehead atoms.